The van der Waals surface area contributed by atoms with Crippen LogP contribution in [-0.2, 0) is 0 Å². The second-order valence-corrected chi connectivity index (χ2v) is 5.82. The Morgan fingerprint density at radius 3 is 2.50 bits per heavy atom. The van der Waals surface area contributed by atoms with E-state index in [0.717, 1.165) is 6.42 Å². The van der Waals surface area contributed by atoms with Gasteiger partial charge in [-0.2, -0.15) is 0 Å². The molecule has 0 saturated carbocycles. The molecule has 1 aromatic rings. The zero-order chi connectivity index (χ0) is 13.9. The van der Waals surface area contributed by atoms with Crippen molar-refractivity contribution >= 4 is 15.9 Å². The molecular formula is C14H22BrFN2. The molecule has 0 aliphatic heterocycles. The number of benzene rings is 1. The van der Waals surface area contributed by atoms with Crippen molar-refractivity contribution in [1.29, 1.82) is 0 Å². The molecule has 0 aliphatic rings. The number of nitrogens with one attached hydrogen (secondary N) is 1. The van der Waals surface area contributed by atoms with Gasteiger partial charge in [0, 0.05) is 11.1 Å². The summed E-state index contributed by atoms with van der Waals surface area (Å²) in [4.78, 5) is 2.15. The van der Waals surface area contributed by atoms with Gasteiger partial charge in [-0.1, -0.05) is 19.1 Å². The van der Waals surface area contributed by atoms with Crippen molar-refractivity contribution in [3.63, 3.8) is 0 Å². The third-order valence-corrected chi connectivity index (χ3v) is 4.55. The fourth-order valence-electron chi connectivity index (χ4n) is 2.32. The summed E-state index contributed by atoms with van der Waals surface area (Å²) in [5.74, 6) is -0.182. The topological polar surface area (TPSA) is 15.3 Å². The van der Waals surface area contributed by atoms with Crippen LogP contribution >= 0.6 is 15.9 Å². The highest BCUT2D eigenvalue weighted by Crippen LogP contribution is 2.35. The molecule has 0 saturated heterocycles. The van der Waals surface area contributed by atoms with Crippen molar-refractivity contribution in [3.8, 4) is 0 Å². The van der Waals surface area contributed by atoms with Crippen molar-refractivity contribution in [2.24, 2.45) is 0 Å². The first-order valence-corrected chi connectivity index (χ1v) is 6.96. The van der Waals surface area contributed by atoms with E-state index in [4.69, 9.17) is 0 Å². The van der Waals surface area contributed by atoms with Crippen molar-refractivity contribution in [2.45, 2.75) is 31.8 Å². The number of nitrogens with zero attached hydrogens (tertiary/aromatic N) is 1. The van der Waals surface area contributed by atoms with Gasteiger partial charge in [-0.25, -0.2) is 4.39 Å². The average Bonchev–Trinajstić information content (AvgIpc) is 2.34. The maximum atomic E-state index is 14.3. The van der Waals surface area contributed by atoms with Crippen molar-refractivity contribution in [1.82, 2.24) is 10.2 Å². The van der Waals surface area contributed by atoms with Gasteiger partial charge in [0.25, 0.3) is 0 Å². The molecule has 1 aromatic carbocycles. The summed E-state index contributed by atoms with van der Waals surface area (Å²) in [7, 11) is 5.94. The van der Waals surface area contributed by atoms with E-state index in [0.29, 0.717) is 10.0 Å². The molecule has 2 nitrogen and oxygen atoms in total. The van der Waals surface area contributed by atoms with Crippen molar-refractivity contribution in [2.75, 3.05) is 21.1 Å². The van der Waals surface area contributed by atoms with Crippen LogP contribution in [0.1, 0.15) is 31.9 Å². The van der Waals surface area contributed by atoms with Gasteiger partial charge in [-0.05, 0) is 56.5 Å². The minimum atomic E-state index is -0.182. The number of hydrogen-bond donors (Lipinski definition) is 1. The monoisotopic (exact) mass is 316 g/mol. The summed E-state index contributed by atoms with van der Waals surface area (Å²) in [5.41, 5.74) is 0.557. The van der Waals surface area contributed by atoms with Gasteiger partial charge >= 0.3 is 0 Å². The molecule has 1 N–H and O–H groups in total. The number of hydrogen-bond acceptors (Lipinski definition) is 2. The molecule has 4 heteroatoms. The van der Waals surface area contributed by atoms with E-state index in [1.807, 2.05) is 33.3 Å². The zero-order valence-corrected chi connectivity index (χ0v) is 13.3. The van der Waals surface area contributed by atoms with E-state index in [2.05, 4.69) is 40.0 Å². The highest BCUT2D eigenvalue weighted by molar-refractivity contribution is 9.10. The quantitative estimate of drug-likeness (QED) is 0.893. The van der Waals surface area contributed by atoms with E-state index < -0.39 is 0 Å². The van der Waals surface area contributed by atoms with Crippen LogP contribution in [0.25, 0.3) is 0 Å². The Bertz CT molecular complexity index is 409. The summed E-state index contributed by atoms with van der Waals surface area (Å²) in [6.07, 6.45) is 0.928. The normalized spacial score (nSPS) is 16.7. The number of rotatable bonds is 5. The Morgan fingerprint density at radius 1 is 1.44 bits per heavy atom. The van der Waals surface area contributed by atoms with Gasteiger partial charge in [0.15, 0.2) is 0 Å². The van der Waals surface area contributed by atoms with Crippen molar-refractivity contribution in [3.05, 3.63) is 34.1 Å². The zero-order valence-electron chi connectivity index (χ0n) is 11.7. The second kappa shape index (κ2) is 6.13. The first kappa shape index (κ1) is 15.6. The maximum Gasteiger partial charge on any atom is 0.142 e. The fourth-order valence-corrected chi connectivity index (χ4v) is 2.70. The minimum Gasteiger partial charge on any atom is -0.311 e. The average molecular weight is 317 g/mol. The van der Waals surface area contributed by atoms with Gasteiger partial charge in [-0.3, -0.25) is 0 Å². The largest absolute Gasteiger partial charge is 0.311 e. The first-order chi connectivity index (χ1) is 8.38. The summed E-state index contributed by atoms with van der Waals surface area (Å²) < 4.78 is 14.8. The van der Waals surface area contributed by atoms with Crippen LogP contribution in [0, 0.1) is 5.82 Å². The molecule has 1 rings (SSSR count). The summed E-state index contributed by atoms with van der Waals surface area (Å²) in [6, 6.07) is 5.39. The Labute approximate surface area is 118 Å². The van der Waals surface area contributed by atoms with E-state index in [1.165, 1.54) is 0 Å². The summed E-state index contributed by atoms with van der Waals surface area (Å²) in [6.45, 7) is 4.27. The standard InChI is InChI=1S/C14H22BrFN2/c1-6-14(2,18(4)5)13(17-3)10-8-7-9-11(15)12(10)16/h7-9,13,17H,6H2,1-5H3. The smallest absolute Gasteiger partial charge is 0.142 e. The highest BCUT2D eigenvalue weighted by atomic mass is 79.9. The Balaban J connectivity index is 3.29. The van der Waals surface area contributed by atoms with Gasteiger partial charge < -0.3 is 10.2 Å². The third kappa shape index (κ3) is 2.76. The lowest BCUT2D eigenvalue weighted by molar-refractivity contribution is 0.115. The molecule has 0 radical (unpaired) electrons. The van der Waals surface area contributed by atoms with E-state index >= 15 is 0 Å². The third-order valence-electron chi connectivity index (χ3n) is 3.94. The minimum absolute atomic E-state index is 0.0602. The molecule has 0 spiro atoms. The molecule has 2 atom stereocenters. The highest BCUT2D eigenvalue weighted by Gasteiger charge is 2.36. The van der Waals surface area contributed by atoms with Crippen LogP contribution in [0.2, 0.25) is 0 Å². The summed E-state index contributed by atoms with van der Waals surface area (Å²) in [5, 5.41) is 3.26. The lowest BCUT2D eigenvalue weighted by Gasteiger charge is -2.43. The fraction of sp³-hybridized carbons (Fsp3) is 0.571. The van der Waals surface area contributed by atoms with Gasteiger partial charge in [0.2, 0.25) is 0 Å². The van der Waals surface area contributed by atoms with Crippen molar-refractivity contribution < 1.29 is 4.39 Å². The van der Waals surface area contributed by atoms with E-state index in [9.17, 15) is 4.39 Å². The number of halogens is 2. The maximum absolute atomic E-state index is 14.3. The van der Waals surface area contributed by atoms with Crippen LogP contribution in [0.5, 0.6) is 0 Å². The molecule has 0 aliphatic carbocycles. The molecule has 0 aromatic heterocycles. The Hall–Kier alpha value is -0.450. The summed E-state index contributed by atoms with van der Waals surface area (Å²) >= 11 is 3.25. The van der Waals surface area contributed by atoms with E-state index in [1.54, 1.807) is 6.07 Å². The second-order valence-electron chi connectivity index (χ2n) is 4.97. The van der Waals surface area contributed by atoms with Crippen LogP contribution in [0.15, 0.2) is 22.7 Å². The van der Waals surface area contributed by atoms with Crippen LogP contribution in [-0.4, -0.2) is 31.6 Å². The van der Waals surface area contributed by atoms with Gasteiger partial charge in [0.05, 0.1) is 10.5 Å². The molecule has 0 bridgehead atoms. The van der Waals surface area contributed by atoms with Gasteiger partial charge in [0.1, 0.15) is 5.82 Å². The molecular weight excluding hydrogens is 295 g/mol. The predicted molar refractivity (Wildman–Crippen MR) is 78.3 cm³/mol. The molecule has 102 valence electrons. The molecule has 18 heavy (non-hydrogen) atoms. The molecule has 0 fully saturated rings. The van der Waals surface area contributed by atoms with E-state index in [-0.39, 0.29) is 17.4 Å². The van der Waals surface area contributed by atoms with Crippen LogP contribution in [0.3, 0.4) is 0 Å². The Morgan fingerprint density at radius 2 is 2.06 bits per heavy atom. The molecule has 0 amide bonds. The lowest BCUT2D eigenvalue weighted by Crippen LogP contribution is -2.50. The lowest BCUT2D eigenvalue weighted by atomic mass is 9.83. The Kier molecular flexibility index (Phi) is 5.32. The molecule has 2 unspecified atom stereocenters. The SMILES string of the molecule is CCC(C)(C(NC)c1cccc(Br)c1F)N(C)C. The van der Waals surface area contributed by atoms with Crippen LogP contribution in [0.4, 0.5) is 4.39 Å². The first-order valence-electron chi connectivity index (χ1n) is 6.17. The van der Waals surface area contributed by atoms with Gasteiger partial charge in [-0.15, -0.1) is 0 Å². The number of likely N-dealkylation sites (N-methyl/N-ethyl adjacent to an activating group) is 2. The van der Waals surface area contributed by atoms with Crippen LogP contribution < -0.4 is 5.32 Å². The predicted octanol–water partition coefficient (Wildman–Crippen LogP) is 3.58. The molecule has 0 heterocycles.